The fourth-order valence-electron chi connectivity index (χ4n) is 4.63. The molecule has 0 aliphatic carbocycles. The van der Waals surface area contributed by atoms with Gasteiger partial charge in [-0.3, -0.25) is 0 Å². The van der Waals surface area contributed by atoms with E-state index < -0.39 is 15.8 Å². The van der Waals surface area contributed by atoms with Crippen molar-refractivity contribution in [2.45, 2.75) is 6.92 Å². The topological polar surface area (TPSA) is 0 Å². The Morgan fingerprint density at radius 2 is 0.429 bits per heavy atom. The summed E-state index contributed by atoms with van der Waals surface area (Å²) in [5.74, 6) is 0. The van der Waals surface area contributed by atoms with Crippen LogP contribution in [0.3, 0.4) is 0 Å². The SMILES string of the molecule is [CH2-]C.[Ni][Br].c1ccc([PH+](c2ccccc2)c2ccccc2)cc1.c1ccc([PH+](c2ccccc2)c2ccccc2)cc1. The van der Waals surface area contributed by atoms with E-state index in [1.54, 1.807) is 6.92 Å². The molecule has 6 rings (SSSR count). The molecule has 0 saturated carbocycles. The molecule has 0 saturated heterocycles. The largest absolute Gasteiger partial charge is 0.102 e. The van der Waals surface area contributed by atoms with Crippen molar-refractivity contribution in [3.63, 3.8) is 0 Å². The van der Waals surface area contributed by atoms with Crippen LogP contribution in [-0.2, 0) is 13.7 Å². The normalized spacial score (nSPS) is 9.88. The predicted molar refractivity (Wildman–Crippen MR) is 193 cm³/mol. The van der Waals surface area contributed by atoms with E-state index in [-0.39, 0.29) is 0 Å². The molecule has 0 spiro atoms. The maximum Gasteiger partial charge on any atom is 0.102 e. The van der Waals surface area contributed by atoms with Gasteiger partial charge >= 0.3 is 27.9 Å². The molecule has 0 aliphatic heterocycles. The van der Waals surface area contributed by atoms with Crippen LogP contribution in [0.4, 0.5) is 0 Å². The van der Waals surface area contributed by atoms with E-state index in [1.807, 2.05) is 0 Å². The summed E-state index contributed by atoms with van der Waals surface area (Å²) < 4.78 is 0. The second-order valence-corrected chi connectivity index (χ2v) is 13.9. The van der Waals surface area contributed by atoms with Crippen molar-refractivity contribution in [1.82, 2.24) is 0 Å². The average Bonchev–Trinajstić information content (AvgIpc) is 3.10. The Hall–Kier alpha value is -2.85. The third-order valence-electron chi connectivity index (χ3n) is 6.37. The zero-order chi connectivity index (χ0) is 29.8. The second-order valence-electron chi connectivity index (χ2n) is 8.95. The van der Waals surface area contributed by atoms with Crippen molar-refractivity contribution in [3.8, 4) is 0 Å². The number of rotatable bonds is 6. The van der Waals surface area contributed by atoms with Gasteiger partial charge in [0.15, 0.2) is 0 Å². The smallest absolute Gasteiger partial charge is 0.0620 e. The predicted octanol–water partition coefficient (Wildman–Crippen LogP) is 8.04. The summed E-state index contributed by atoms with van der Waals surface area (Å²) in [7, 11) is -1.75. The van der Waals surface area contributed by atoms with Crippen LogP contribution in [0.15, 0.2) is 182 Å². The molecule has 0 N–H and O–H groups in total. The Balaban J connectivity index is 0.000000206. The molecule has 215 valence electrons. The van der Waals surface area contributed by atoms with Crippen LogP contribution in [0, 0.1) is 6.92 Å². The maximum atomic E-state index is 3.69. The molecule has 4 heteroatoms. The molecule has 0 heterocycles. The van der Waals surface area contributed by atoms with E-state index in [0.29, 0.717) is 0 Å². The van der Waals surface area contributed by atoms with Gasteiger partial charge in [-0.15, -0.1) is 0 Å². The van der Waals surface area contributed by atoms with Gasteiger partial charge in [0.2, 0.25) is 0 Å². The molecule has 0 atom stereocenters. The van der Waals surface area contributed by atoms with Crippen molar-refractivity contribution in [3.05, 3.63) is 189 Å². The molecule has 0 aromatic heterocycles. The van der Waals surface area contributed by atoms with E-state index >= 15 is 0 Å². The van der Waals surface area contributed by atoms with Crippen molar-refractivity contribution in [2.75, 3.05) is 0 Å². The Morgan fingerprint density at radius 3 is 0.548 bits per heavy atom. The maximum absolute atomic E-state index is 3.69. The Bertz CT molecular complexity index is 1180. The first-order valence-electron chi connectivity index (χ1n) is 13.8. The van der Waals surface area contributed by atoms with Gasteiger partial charge in [0, 0.05) is 0 Å². The standard InChI is InChI=1S/2C18H15P.C2H5.BrH.Ni/c2*1-4-10-16(11-5-1)19(17-12-6-2-7-13-17)18-14-8-3-9-15-18;1-2;;/h2*1-15H;1H2,2H3;1H;/q;;-1;;+1/p+1. The number of benzene rings is 6. The number of halogens is 1. The molecule has 0 fully saturated rings. The summed E-state index contributed by atoms with van der Waals surface area (Å²) in [5.41, 5.74) is 0. The number of hydrogen-bond donors (Lipinski definition) is 0. The summed E-state index contributed by atoms with van der Waals surface area (Å²) in [6.45, 7) is 5.00. The summed E-state index contributed by atoms with van der Waals surface area (Å²) in [6.07, 6.45) is 0. The van der Waals surface area contributed by atoms with Gasteiger partial charge in [-0.1, -0.05) is 109 Å². The molecule has 0 unspecified atom stereocenters. The molecule has 6 aromatic carbocycles. The van der Waals surface area contributed by atoms with Gasteiger partial charge in [-0.25, -0.2) is 0 Å². The van der Waals surface area contributed by atoms with Crippen LogP contribution in [0.1, 0.15) is 6.92 Å². The fourth-order valence-corrected chi connectivity index (χ4v) is 9.78. The first kappa shape index (κ1) is 33.7. The zero-order valence-corrected chi connectivity index (χ0v) is 28.3. The molecular formula is C38H37BrNiP2+. The molecule has 6 aromatic rings. The van der Waals surface area contributed by atoms with Gasteiger partial charge < -0.3 is 6.92 Å². The molecular weight excluding hydrogens is 657 g/mol. The van der Waals surface area contributed by atoms with Crippen molar-refractivity contribution >= 4 is 61.9 Å². The third-order valence-corrected chi connectivity index (χ3v) is 11.8. The second kappa shape index (κ2) is 20.1. The van der Waals surface area contributed by atoms with Crippen LogP contribution in [0.5, 0.6) is 0 Å². The monoisotopic (exact) mass is 692 g/mol. The molecule has 0 bridgehead atoms. The van der Waals surface area contributed by atoms with Gasteiger partial charge in [0.05, 0.1) is 15.8 Å². The quantitative estimate of drug-likeness (QED) is 0.0942. The summed E-state index contributed by atoms with van der Waals surface area (Å²) in [5, 5.41) is 8.61. The first-order chi connectivity index (χ1) is 20.9. The number of hydrogen-bond acceptors (Lipinski definition) is 0. The van der Waals surface area contributed by atoms with Gasteiger partial charge in [0.25, 0.3) is 0 Å². The fraction of sp³-hybridized carbons (Fsp3) is 0.0263. The summed E-state index contributed by atoms with van der Waals surface area (Å²) >= 11 is 6.25. The van der Waals surface area contributed by atoms with Gasteiger partial charge in [-0.05, 0) is 72.8 Å². The van der Waals surface area contributed by atoms with E-state index in [1.165, 1.54) is 31.8 Å². The summed E-state index contributed by atoms with van der Waals surface area (Å²) in [4.78, 5) is 0. The molecule has 0 amide bonds. The Labute approximate surface area is 269 Å². The van der Waals surface area contributed by atoms with Crippen LogP contribution in [-0.4, -0.2) is 0 Å². The third kappa shape index (κ3) is 10.2. The van der Waals surface area contributed by atoms with Crippen LogP contribution in [0.2, 0.25) is 0 Å². The molecule has 0 radical (unpaired) electrons. The van der Waals surface area contributed by atoms with E-state index in [4.69, 9.17) is 0 Å². The van der Waals surface area contributed by atoms with Crippen LogP contribution in [0.25, 0.3) is 0 Å². The molecule has 0 nitrogen and oxygen atoms in total. The minimum absolute atomic E-state index is 0.877. The van der Waals surface area contributed by atoms with Crippen molar-refractivity contribution in [2.24, 2.45) is 0 Å². The minimum atomic E-state index is -0.877. The first-order valence-corrected chi connectivity index (χ1v) is 19.2. The van der Waals surface area contributed by atoms with Crippen molar-refractivity contribution in [1.29, 1.82) is 0 Å². The van der Waals surface area contributed by atoms with Gasteiger partial charge in [-0.2, -0.15) is 6.92 Å². The van der Waals surface area contributed by atoms with Crippen molar-refractivity contribution < 1.29 is 13.7 Å². The summed E-state index contributed by atoms with van der Waals surface area (Å²) in [6, 6.07) is 65.0. The Morgan fingerprint density at radius 1 is 0.310 bits per heavy atom. The molecule has 42 heavy (non-hydrogen) atoms. The van der Waals surface area contributed by atoms with Crippen LogP contribution < -0.4 is 31.8 Å². The van der Waals surface area contributed by atoms with E-state index in [0.717, 1.165) is 0 Å². The molecule has 0 aliphatic rings. The zero-order valence-electron chi connectivity index (χ0n) is 23.7. The van der Waals surface area contributed by atoms with Gasteiger partial charge in [0.1, 0.15) is 31.8 Å². The Kier molecular flexibility index (Phi) is 16.1. The minimum Gasteiger partial charge on any atom is -0.0620 e. The average molecular weight is 694 g/mol. The van der Waals surface area contributed by atoms with Crippen LogP contribution >= 0.6 is 30.1 Å². The van der Waals surface area contributed by atoms with E-state index in [2.05, 4.69) is 217 Å². The van der Waals surface area contributed by atoms with E-state index in [9.17, 15) is 0 Å².